The molecule has 0 aliphatic carbocycles. The van der Waals surface area contributed by atoms with Crippen LogP contribution in [0.1, 0.15) is 5.69 Å². The van der Waals surface area contributed by atoms with Gasteiger partial charge in [-0.1, -0.05) is 0 Å². The predicted octanol–water partition coefficient (Wildman–Crippen LogP) is -0.187. The van der Waals surface area contributed by atoms with Gasteiger partial charge in [-0.05, 0) is 18.7 Å². The first-order valence-electron chi connectivity index (χ1n) is 4.10. The molecule has 0 spiro atoms. The highest BCUT2D eigenvalue weighted by Gasteiger charge is 2.00. The minimum Gasteiger partial charge on any atom is -0.382 e. The molecule has 0 atom stereocenters. The summed E-state index contributed by atoms with van der Waals surface area (Å²) in [5.41, 5.74) is 12.7. The van der Waals surface area contributed by atoms with Crippen molar-refractivity contribution in [2.45, 2.75) is 6.42 Å². The second-order valence-electron chi connectivity index (χ2n) is 2.83. The van der Waals surface area contributed by atoms with Crippen LogP contribution in [-0.4, -0.2) is 21.1 Å². The van der Waals surface area contributed by atoms with Crippen molar-refractivity contribution in [1.29, 1.82) is 0 Å². The summed E-state index contributed by atoms with van der Waals surface area (Å²) in [6, 6.07) is 3.57. The first-order chi connectivity index (χ1) is 6.29. The van der Waals surface area contributed by atoms with Crippen LogP contribution in [0.15, 0.2) is 18.3 Å². The number of hydrogen-bond donors (Lipinski definition) is 2. The molecule has 5 heteroatoms. The van der Waals surface area contributed by atoms with Crippen molar-refractivity contribution in [3.63, 3.8) is 0 Å². The largest absolute Gasteiger partial charge is 0.382 e. The highest BCUT2D eigenvalue weighted by atomic mass is 15.3. The number of rotatable bonds is 2. The summed E-state index contributed by atoms with van der Waals surface area (Å²) < 4.78 is 1.67. The van der Waals surface area contributed by atoms with E-state index in [2.05, 4.69) is 10.1 Å². The molecule has 2 heterocycles. The van der Waals surface area contributed by atoms with Gasteiger partial charge in [-0.3, -0.25) is 0 Å². The van der Waals surface area contributed by atoms with Crippen molar-refractivity contribution in [2.75, 3.05) is 12.3 Å². The quantitative estimate of drug-likeness (QED) is 0.666. The molecule has 0 fully saturated rings. The Balaban J connectivity index is 2.49. The molecule has 2 aromatic rings. The highest BCUT2D eigenvalue weighted by molar-refractivity contribution is 5.42. The van der Waals surface area contributed by atoms with Crippen LogP contribution in [0.2, 0.25) is 0 Å². The summed E-state index contributed by atoms with van der Waals surface area (Å²) in [6.45, 7) is 0.597. The molecule has 0 radical (unpaired) electrons. The van der Waals surface area contributed by atoms with Gasteiger partial charge in [0.2, 0.25) is 0 Å². The summed E-state index contributed by atoms with van der Waals surface area (Å²) in [7, 11) is 0. The lowest BCUT2D eigenvalue weighted by molar-refractivity contribution is 0.918. The third kappa shape index (κ3) is 1.46. The molecule has 0 bridgehead atoms. The molecule has 5 nitrogen and oxygen atoms in total. The average Bonchev–Trinajstić information content (AvgIpc) is 2.46. The van der Waals surface area contributed by atoms with Crippen LogP contribution in [0.25, 0.3) is 5.65 Å². The zero-order valence-corrected chi connectivity index (χ0v) is 7.14. The zero-order chi connectivity index (χ0) is 9.26. The van der Waals surface area contributed by atoms with Gasteiger partial charge in [0.15, 0.2) is 5.65 Å². The van der Waals surface area contributed by atoms with Crippen LogP contribution < -0.4 is 11.5 Å². The van der Waals surface area contributed by atoms with Gasteiger partial charge in [0.25, 0.3) is 0 Å². The van der Waals surface area contributed by atoms with E-state index < -0.39 is 0 Å². The van der Waals surface area contributed by atoms with Gasteiger partial charge < -0.3 is 11.5 Å². The molecular formula is C8H11N5. The fourth-order valence-corrected chi connectivity index (χ4v) is 1.21. The van der Waals surface area contributed by atoms with Crippen LogP contribution in [0.5, 0.6) is 0 Å². The molecule has 0 saturated heterocycles. The Morgan fingerprint density at radius 1 is 1.38 bits per heavy atom. The van der Waals surface area contributed by atoms with E-state index in [-0.39, 0.29) is 0 Å². The SMILES string of the molecule is NCCc1cn2nc(N)ccc2n1. The summed E-state index contributed by atoms with van der Waals surface area (Å²) in [5.74, 6) is 0.490. The van der Waals surface area contributed by atoms with Gasteiger partial charge in [0.05, 0.1) is 11.9 Å². The fourth-order valence-electron chi connectivity index (χ4n) is 1.21. The standard InChI is InChI=1S/C8H11N5/c9-4-3-6-5-13-8(11-6)2-1-7(10)12-13/h1-2,5H,3-4,9H2,(H2,10,12). The highest BCUT2D eigenvalue weighted by Crippen LogP contribution is 2.05. The Morgan fingerprint density at radius 2 is 2.23 bits per heavy atom. The summed E-state index contributed by atoms with van der Waals surface area (Å²) >= 11 is 0. The smallest absolute Gasteiger partial charge is 0.153 e. The molecule has 4 N–H and O–H groups in total. The van der Waals surface area contributed by atoms with Crippen LogP contribution in [0, 0.1) is 0 Å². The number of nitrogen functional groups attached to an aromatic ring is 1. The maximum absolute atomic E-state index is 5.52. The molecule has 2 aromatic heterocycles. The number of fused-ring (bicyclic) bond motifs is 1. The lowest BCUT2D eigenvalue weighted by atomic mass is 10.3. The minimum atomic E-state index is 0.490. The van der Waals surface area contributed by atoms with E-state index in [9.17, 15) is 0 Å². The Bertz CT molecular complexity index is 419. The monoisotopic (exact) mass is 177 g/mol. The molecule has 2 rings (SSSR count). The maximum Gasteiger partial charge on any atom is 0.153 e. The minimum absolute atomic E-state index is 0.490. The fraction of sp³-hybridized carbons (Fsp3) is 0.250. The summed E-state index contributed by atoms with van der Waals surface area (Å²) in [5, 5.41) is 4.07. The molecule has 0 aliphatic rings. The molecular weight excluding hydrogens is 166 g/mol. The molecule has 0 saturated carbocycles. The Hall–Kier alpha value is -1.62. The van der Waals surface area contributed by atoms with Crippen LogP contribution >= 0.6 is 0 Å². The van der Waals surface area contributed by atoms with Crippen LogP contribution in [-0.2, 0) is 6.42 Å². The Labute approximate surface area is 75.4 Å². The summed E-state index contributed by atoms with van der Waals surface area (Å²) in [4.78, 5) is 4.31. The van der Waals surface area contributed by atoms with Crippen LogP contribution in [0.3, 0.4) is 0 Å². The maximum atomic E-state index is 5.52. The number of imidazole rings is 1. The summed E-state index contributed by atoms with van der Waals surface area (Å²) in [6.07, 6.45) is 2.61. The van der Waals surface area contributed by atoms with Crippen molar-refractivity contribution in [3.8, 4) is 0 Å². The van der Waals surface area contributed by atoms with Crippen LogP contribution in [0.4, 0.5) is 5.82 Å². The van der Waals surface area contributed by atoms with Crippen molar-refractivity contribution < 1.29 is 0 Å². The second-order valence-corrected chi connectivity index (χ2v) is 2.83. The predicted molar refractivity (Wildman–Crippen MR) is 50.2 cm³/mol. The van der Waals surface area contributed by atoms with Gasteiger partial charge in [0, 0.05) is 6.42 Å². The lowest BCUT2D eigenvalue weighted by Crippen LogP contribution is -2.02. The zero-order valence-electron chi connectivity index (χ0n) is 7.14. The van der Waals surface area contributed by atoms with E-state index >= 15 is 0 Å². The van der Waals surface area contributed by atoms with Crippen molar-refractivity contribution >= 4 is 11.5 Å². The van der Waals surface area contributed by atoms with Crippen molar-refractivity contribution in [2.24, 2.45) is 5.73 Å². The molecule has 0 amide bonds. The van der Waals surface area contributed by atoms with Gasteiger partial charge in [0.1, 0.15) is 5.82 Å². The number of aromatic nitrogens is 3. The van der Waals surface area contributed by atoms with E-state index in [4.69, 9.17) is 11.5 Å². The number of hydrogen-bond acceptors (Lipinski definition) is 4. The lowest BCUT2D eigenvalue weighted by Gasteiger charge is -1.91. The van der Waals surface area contributed by atoms with E-state index in [1.165, 1.54) is 0 Å². The molecule has 0 aromatic carbocycles. The third-order valence-electron chi connectivity index (χ3n) is 1.79. The Kier molecular flexibility index (Phi) is 1.86. The molecule has 0 aliphatic heterocycles. The van der Waals surface area contributed by atoms with Gasteiger partial charge in [-0.15, -0.1) is 5.10 Å². The third-order valence-corrected chi connectivity index (χ3v) is 1.79. The van der Waals surface area contributed by atoms with Gasteiger partial charge in [-0.2, -0.15) is 0 Å². The first kappa shape index (κ1) is 8.00. The number of nitrogens with zero attached hydrogens (tertiary/aromatic N) is 3. The van der Waals surface area contributed by atoms with E-state index in [0.717, 1.165) is 17.8 Å². The normalized spacial score (nSPS) is 10.8. The van der Waals surface area contributed by atoms with Gasteiger partial charge >= 0.3 is 0 Å². The average molecular weight is 177 g/mol. The van der Waals surface area contributed by atoms with Gasteiger partial charge in [-0.25, -0.2) is 9.50 Å². The first-order valence-corrected chi connectivity index (χ1v) is 4.10. The molecule has 68 valence electrons. The molecule has 13 heavy (non-hydrogen) atoms. The number of nitrogens with two attached hydrogens (primary N) is 2. The molecule has 0 unspecified atom stereocenters. The van der Waals surface area contributed by atoms with E-state index in [0.29, 0.717) is 12.4 Å². The number of anilines is 1. The van der Waals surface area contributed by atoms with Crippen molar-refractivity contribution in [1.82, 2.24) is 14.6 Å². The van der Waals surface area contributed by atoms with E-state index in [1.807, 2.05) is 12.3 Å². The van der Waals surface area contributed by atoms with E-state index in [1.54, 1.807) is 10.6 Å². The second kappa shape index (κ2) is 3.02. The van der Waals surface area contributed by atoms with Crippen molar-refractivity contribution in [3.05, 3.63) is 24.0 Å². The topological polar surface area (TPSA) is 82.2 Å². The Morgan fingerprint density at radius 3 is 3.00 bits per heavy atom.